The molecule has 0 amide bonds. The fourth-order valence-corrected chi connectivity index (χ4v) is 4.61. The van der Waals surface area contributed by atoms with E-state index < -0.39 is 10.0 Å². The highest BCUT2D eigenvalue weighted by molar-refractivity contribution is 7.89. The van der Waals surface area contributed by atoms with Gasteiger partial charge >= 0.3 is 0 Å². The molecule has 1 aliphatic heterocycles. The van der Waals surface area contributed by atoms with Gasteiger partial charge in [-0.15, -0.1) is 0 Å². The van der Waals surface area contributed by atoms with Gasteiger partial charge in [-0.05, 0) is 36.5 Å². The lowest BCUT2D eigenvalue weighted by Crippen LogP contribution is -2.38. The summed E-state index contributed by atoms with van der Waals surface area (Å²) in [5.74, 6) is 0.641. The third-order valence-corrected chi connectivity index (χ3v) is 6.35. The number of halogens is 1. The first kappa shape index (κ1) is 16.7. The summed E-state index contributed by atoms with van der Waals surface area (Å²) in [5, 5.41) is 9.39. The molecule has 0 atom stereocenters. The first-order valence-corrected chi connectivity index (χ1v) is 9.20. The average Bonchev–Trinajstić information content (AvgIpc) is 2.48. The van der Waals surface area contributed by atoms with Crippen molar-refractivity contribution in [3.63, 3.8) is 0 Å². The summed E-state index contributed by atoms with van der Waals surface area (Å²) in [5.41, 5.74) is 0.539. The molecule has 21 heavy (non-hydrogen) atoms. The number of aliphatic hydroxyl groups is 1. The Morgan fingerprint density at radius 2 is 2.00 bits per heavy atom. The van der Waals surface area contributed by atoms with E-state index in [9.17, 15) is 8.42 Å². The Labute approximate surface area is 131 Å². The van der Waals surface area contributed by atoms with Crippen LogP contribution in [0.4, 0.5) is 0 Å². The van der Waals surface area contributed by atoms with Crippen molar-refractivity contribution in [1.29, 1.82) is 0 Å². The van der Waals surface area contributed by atoms with E-state index in [1.807, 2.05) is 0 Å². The Morgan fingerprint density at radius 3 is 2.52 bits per heavy atom. The van der Waals surface area contributed by atoms with E-state index in [4.69, 9.17) is 16.7 Å². The van der Waals surface area contributed by atoms with Crippen LogP contribution in [0.3, 0.4) is 0 Å². The number of hydrogen-bond acceptors (Lipinski definition) is 3. The summed E-state index contributed by atoms with van der Waals surface area (Å²) in [7, 11) is -3.48. The Morgan fingerprint density at radius 1 is 1.33 bits per heavy atom. The van der Waals surface area contributed by atoms with Crippen LogP contribution >= 0.6 is 11.6 Å². The van der Waals surface area contributed by atoms with Crippen LogP contribution in [0, 0.1) is 5.92 Å². The standard InChI is InChI=1S/C15H22ClNO3S/c1-2-3-12-6-8-17(9-7-12)21(19,20)14-5-4-13(11-18)15(16)10-14/h4-5,10,12,18H,2-3,6-9,11H2,1H3. The van der Waals surface area contributed by atoms with E-state index in [-0.39, 0.29) is 11.5 Å². The van der Waals surface area contributed by atoms with Crippen LogP contribution in [0.1, 0.15) is 38.2 Å². The molecular weight excluding hydrogens is 310 g/mol. The third-order valence-electron chi connectivity index (χ3n) is 4.10. The molecule has 4 nitrogen and oxygen atoms in total. The molecule has 1 saturated heterocycles. The lowest BCUT2D eigenvalue weighted by atomic mass is 9.94. The van der Waals surface area contributed by atoms with E-state index in [1.54, 1.807) is 10.4 Å². The van der Waals surface area contributed by atoms with Gasteiger partial charge in [-0.25, -0.2) is 8.42 Å². The van der Waals surface area contributed by atoms with Gasteiger partial charge in [-0.3, -0.25) is 0 Å². The largest absolute Gasteiger partial charge is 0.392 e. The number of piperidine rings is 1. The number of rotatable bonds is 5. The van der Waals surface area contributed by atoms with Crippen molar-refractivity contribution in [2.45, 2.75) is 44.1 Å². The van der Waals surface area contributed by atoms with Gasteiger partial charge in [-0.1, -0.05) is 37.4 Å². The number of hydrogen-bond donors (Lipinski definition) is 1. The summed E-state index contributed by atoms with van der Waals surface area (Å²) in [6.07, 6.45) is 4.17. The molecule has 1 aromatic carbocycles. The van der Waals surface area contributed by atoms with Crippen LogP contribution < -0.4 is 0 Å². The highest BCUT2D eigenvalue weighted by Crippen LogP contribution is 2.28. The van der Waals surface area contributed by atoms with Gasteiger partial charge < -0.3 is 5.11 Å². The second-order valence-corrected chi connectivity index (χ2v) is 7.89. The van der Waals surface area contributed by atoms with Gasteiger partial charge in [0.15, 0.2) is 0 Å². The maximum Gasteiger partial charge on any atom is 0.243 e. The van der Waals surface area contributed by atoms with Crippen molar-refractivity contribution in [2.24, 2.45) is 5.92 Å². The zero-order chi connectivity index (χ0) is 15.5. The minimum Gasteiger partial charge on any atom is -0.392 e. The smallest absolute Gasteiger partial charge is 0.243 e. The summed E-state index contributed by atoms with van der Waals surface area (Å²) in [4.78, 5) is 0.207. The topological polar surface area (TPSA) is 57.6 Å². The van der Waals surface area contributed by atoms with Gasteiger partial charge in [0, 0.05) is 18.1 Å². The zero-order valence-electron chi connectivity index (χ0n) is 12.3. The minimum atomic E-state index is -3.48. The highest BCUT2D eigenvalue weighted by atomic mass is 35.5. The molecule has 1 fully saturated rings. The Balaban J connectivity index is 2.14. The normalized spacial score (nSPS) is 18.0. The van der Waals surface area contributed by atoms with Crippen LogP contribution in [0.15, 0.2) is 23.1 Å². The molecule has 0 aromatic heterocycles. The molecule has 1 N–H and O–H groups in total. The maximum atomic E-state index is 12.6. The van der Waals surface area contributed by atoms with Crippen LogP contribution in [-0.2, 0) is 16.6 Å². The molecule has 0 unspecified atom stereocenters. The first-order chi connectivity index (χ1) is 9.98. The minimum absolute atomic E-state index is 0.193. The van der Waals surface area contributed by atoms with Crippen molar-refractivity contribution in [2.75, 3.05) is 13.1 Å². The van der Waals surface area contributed by atoms with Crippen LogP contribution in [-0.4, -0.2) is 30.9 Å². The molecule has 1 aromatic rings. The number of nitrogens with zero attached hydrogens (tertiary/aromatic N) is 1. The third kappa shape index (κ3) is 3.77. The van der Waals surface area contributed by atoms with Gasteiger partial charge in [0.25, 0.3) is 0 Å². The van der Waals surface area contributed by atoms with E-state index in [1.165, 1.54) is 18.6 Å². The second kappa shape index (κ2) is 7.09. The van der Waals surface area contributed by atoms with E-state index in [0.29, 0.717) is 29.6 Å². The Hall–Kier alpha value is -0.620. The number of sulfonamides is 1. The van der Waals surface area contributed by atoms with E-state index in [2.05, 4.69) is 6.92 Å². The van der Waals surface area contributed by atoms with Gasteiger partial charge in [0.1, 0.15) is 0 Å². The molecule has 0 aliphatic carbocycles. The predicted molar refractivity (Wildman–Crippen MR) is 83.8 cm³/mol. The second-order valence-electron chi connectivity index (χ2n) is 5.55. The molecule has 0 saturated carbocycles. The summed E-state index contributed by atoms with van der Waals surface area (Å²) in [6.45, 7) is 3.12. The molecule has 2 rings (SSSR count). The van der Waals surface area contributed by atoms with E-state index in [0.717, 1.165) is 19.3 Å². The predicted octanol–water partition coefficient (Wildman–Crippen LogP) is 3.03. The molecule has 118 valence electrons. The molecule has 1 heterocycles. The Bertz CT molecular complexity index is 581. The van der Waals surface area contributed by atoms with Gasteiger partial charge in [0.2, 0.25) is 10.0 Å². The SMILES string of the molecule is CCCC1CCN(S(=O)(=O)c2ccc(CO)c(Cl)c2)CC1. The number of aliphatic hydroxyl groups excluding tert-OH is 1. The molecule has 1 aliphatic rings. The maximum absolute atomic E-state index is 12.6. The quantitative estimate of drug-likeness (QED) is 0.902. The highest BCUT2D eigenvalue weighted by Gasteiger charge is 2.29. The fourth-order valence-electron chi connectivity index (χ4n) is 2.81. The van der Waals surface area contributed by atoms with Crippen molar-refractivity contribution in [3.05, 3.63) is 28.8 Å². The van der Waals surface area contributed by atoms with Crippen LogP contribution in [0.25, 0.3) is 0 Å². The van der Waals surface area contributed by atoms with E-state index >= 15 is 0 Å². The lowest BCUT2D eigenvalue weighted by Gasteiger charge is -2.31. The average molecular weight is 332 g/mol. The summed E-state index contributed by atoms with van der Waals surface area (Å²) < 4.78 is 26.8. The first-order valence-electron chi connectivity index (χ1n) is 7.38. The van der Waals surface area contributed by atoms with Crippen LogP contribution in [0.5, 0.6) is 0 Å². The van der Waals surface area contributed by atoms with Crippen LogP contribution in [0.2, 0.25) is 5.02 Å². The zero-order valence-corrected chi connectivity index (χ0v) is 13.8. The fraction of sp³-hybridized carbons (Fsp3) is 0.600. The van der Waals surface area contributed by atoms with Crippen molar-refractivity contribution >= 4 is 21.6 Å². The van der Waals surface area contributed by atoms with Crippen molar-refractivity contribution in [1.82, 2.24) is 4.31 Å². The van der Waals surface area contributed by atoms with Gasteiger partial charge in [0.05, 0.1) is 11.5 Å². The van der Waals surface area contributed by atoms with Crippen molar-refractivity contribution < 1.29 is 13.5 Å². The number of benzene rings is 1. The van der Waals surface area contributed by atoms with Gasteiger partial charge in [-0.2, -0.15) is 4.31 Å². The van der Waals surface area contributed by atoms with Crippen molar-refractivity contribution in [3.8, 4) is 0 Å². The molecular formula is C15H22ClNO3S. The molecule has 0 radical (unpaired) electrons. The summed E-state index contributed by atoms with van der Waals surface area (Å²) in [6, 6.07) is 4.52. The molecule has 0 spiro atoms. The Kier molecular flexibility index (Phi) is 5.66. The summed E-state index contributed by atoms with van der Waals surface area (Å²) >= 11 is 6.00. The monoisotopic (exact) mass is 331 g/mol. The molecule has 0 bridgehead atoms. The lowest BCUT2D eigenvalue weighted by molar-refractivity contribution is 0.262. The molecule has 6 heteroatoms.